The van der Waals surface area contributed by atoms with Crippen molar-refractivity contribution < 1.29 is 4.79 Å². The smallest absolute Gasteiger partial charge is 0.315 e. The SMILES string of the molecule is O=C(NCc1ccsc1)NCC1CCN(Cc2ccccc2)CC1. The Kier molecular flexibility index (Phi) is 6.26. The van der Waals surface area contributed by atoms with Crippen LogP contribution < -0.4 is 10.6 Å². The van der Waals surface area contributed by atoms with E-state index in [0.717, 1.165) is 44.6 Å². The van der Waals surface area contributed by atoms with Crippen LogP contribution >= 0.6 is 11.3 Å². The highest BCUT2D eigenvalue weighted by Crippen LogP contribution is 2.18. The maximum absolute atomic E-state index is 11.9. The lowest BCUT2D eigenvalue weighted by Gasteiger charge is -2.32. The van der Waals surface area contributed by atoms with Gasteiger partial charge in [-0.2, -0.15) is 11.3 Å². The summed E-state index contributed by atoms with van der Waals surface area (Å²) in [5.41, 5.74) is 2.53. The molecule has 0 spiro atoms. The Labute approximate surface area is 147 Å². The van der Waals surface area contributed by atoms with E-state index >= 15 is 0 Å². The van der Waals surface area contributed by atoms with Crippen molar-refractivity contribution in [2.75, 3.05) is 19.6 Å². The lowest BCUT2D eigenvalue weighted by atomic mass is 9.96. The molecule has 2 aromatic rings. The van der Waals surface area contributed by atoms with E-state index in [-0.39, 0.29) is 6.03 Å². The minimum atomic E-state index is -0.0621. The predicted molar refractivity (Wildman–Crippen MR) is 99.0 cm³/mol. The number of hydrogen-bond donors (Lipinski definition) is 2. The second-order valence-electron chi connectivity index (χ2n) is 6.40. The quantitative estimate of drug-likeness (QED) is 0.844. The first-order valence-corrected chi connectivity index (χ1v) is 9.53. The second-order valence-corrected chi connectivity index (χ2v) is 7.18. The number of urea groups is 1. The van der Waals surface area contributed by atoms with Crippen LogP contribution in [-0.4, -0.2) is 30.6 Å². The summed E-state index contributed by atoms with van der Waals surface area (Å²) in [4.78, 5) is 14.4. The number of rotatable bonds is 6. The van der Waals surface area contributed by atoms with E-state index in [9.17, 15) is 4.79 Å². The van der Waals surface area contributed by atoms with Crippen molar-refractivity contribution in [3.05, 3.63) is 58.3 Å². The summed E-state index contributed by atoms with van der Waals surface area (Å²) in [6, 6.07) is 12.6. The molecule has 1 fully saturated rings. The van der Waals surface area contributed by atoms with E-state index in [1.165, 1.54) is 5.56 Å². The Balaban J connectivity index is 1.31. The van der Waals surface area contributed by atoms with Crippen LogP contribution in [0.3, 0.4) is 0 Å². The number of carbonyl (C=O) groups is 1. The van der Waals surface area contributed by atoms with E-state index in [1.54, 1.807) is 11.3 Å². The highest BCUT2D eigenvalue weighted by atomic mass is 32.1. The van der Waals surface area contributed by atoms with Gasteiger partial charge in [0.2, 0.25) is 0 Å². The molecule has 1 aliphatic rings. The number of nitrogens with zero attached hydrogens (tertiary/aromatic N) is 1. The van der Waals surface area contributed by atoms with Crippen molar-refractivity contribution in [3.63, 3.8) is 0 Å². The van der Waals surface area contributed by atoms with Gasteiger partial charge in [0.05, 0.1) is 0 Å². The van der Waals surface area contributed by atoms with Crippen LogP contribution in [0.4, 0.5) is 4.79 Å². The summed E-state index contributed by atoms with van der Waals surface area (Å²) in [6.07, 6.45) is 2.30. The molecule has 0 bridgehead atoms. The van der Waals surface area contributed by atoms with Gasteiger partial charge < -0.3 is 10.6 Å². The first-order valence-electron chi connectivity index (χ1n) is 8.58. The van der Waals surface area contributed by atoms with Gasteiger partial charge in [0, 0.05) is 19.6 Å². The molecule has 2 heterocycles. The van der Waals surface area contributed by atoms with Crippen molar-refractivity contribution in [2.24, 2.45) is 5.92 Å². The molecule has 1 aromatic carbocycles. The molecule has 0 unspecified atom stereocenters. The van der Waals surface area contributed by atoms with E-state index in [1.807, 2.05) is 11.4 Å². The van der Waals surface area contributed by atoms with Crippen LogP contribution in [0.2, 0.25) is 0 Å². The van der Waals surface area contributed by atoms with Gasteiger partial charge in [-0.3, -0.25) is 4.90 Å². The number of piperidine rings is 1. The fourth-order valence-corrected chi connectivity index (χ4v) is 3.73. The zero-order chi connectivity index (χ0) is 16.6. The first kappa shape index (κ1) is 17.0. The lowest BCUT2D eigenvalue weighted by molar-refractivity contribution is 0.175. The number of amides is 2. The third kappa shape index (κ3) is 5.35. The Morgan fingerprint density at radius 3 is 2.58 bits per heavy atom. The molecule has 1 aromatic heterocycles. The fourth-order valence-electron chi connectivity index (χ4n) is 3.07. The van der Waals surface area contributed by atoms with E-state index < -0.39 is 0 Å². The van der Waals surface area contributed by atoms with Gasteiger partial charge in [-0.15, -0.1) is 0 Å². The molecule has 128 valence electrons. The molecular formula is C19H25N3OS. The Hall–Kier alpha value is -1.85. The Morgan fingerprint density at radius 1 is 1.08 bits per heavy atom. The molecule has 1 saturated heterocycles. The third-order valence-corrected chi connectivity index (χ3v) is 5.27. The van der Waals surface area contributed by atoms with Crippen molar-refractivity contribution >= 4 is 17.4 Å². The first-order chi connectivity index (χ1) is 11.8. The number of likely N-dealkylation sites (tertiary alicyclic amines) is 1. The van der Waals surface area contributed by atoms with Crippen LogP contribution in [0.5, 0.6) is 0 Å². The molecule has 5 heteroatoms. The Bertz CT molecular complexity index is 607. The van der Waals surface area contributed by atoms with Crippen LogP contribution in [0, 0.1) is 5.92 Å². The van der Waals surface area contributed by atoms with Crippen molar-refractivity contribution in [1.82, 2.24) is 15.5 Å². The van der Waals surface area contributed by atoms with Crippen LogP contribution in [0.1, 0.15) is 24.0 Å². The lowest BCUT2D eigenvalue weighted by Crippen LogP contribution is -2.41. The van der Waals surface area contributed by atoms with Crippen LogP contribution in [0.25, 0.3) is 0 Å². The molecule has 2 N–H and O–H groups in total. The van der Waals surface area contributed by atoms with Gasteiger partial charge in [0.25, 0.3) is 0 Å². The van der Waals surface area contributed by atoms with Gasteiger partial charge in [0.15, 0.2) is 0 Å². The van der Waals surface area contributed by atoms with E-state index in [4.69, 9.17) is 0 Å². The predicted octanol–water partition coefficient (Wildman–Crippen LogP) is 3.46. The minimum Gasteiger partial charge on any atom is -0.338 e. The largest absolute Gasteiger partial charge is 0.338 e. The van der Waals surface area contributed by atoms with Crippen molar-refractivity contribution in [3.8, 4) is 0 Å². The molecular weight excluding hydrogens is 318 g/mol. The second kappa shape index (κ2) is 8.85. The maximum atomic E-state index is 11.9. The summed E-state index contributed by atoms with van der Waals surface area (Å²) in [5.74, 6) is 0.587. The van der Waals surface area contributed by atoms with Gasteiger partial charge in [0.1, 0.15) is 0 Å². The fraction of sp³-hybridized carbons (Fsp3) is 0.421. The van der Waals surface area contributed by atoms with Gasteiger partial charge in [-0.05, 0) is 59.8 Å². The molecule has 24 heavy (non-hydrogen) atoms. The zero-order valence-corrected chi connectivity index (χ0v) is 14.7. The highest BCUT2D eigenvalue weighted by Gasteiger charge is 2.19. The molecule has 0 aliphatic carbocycles. The summed E-state index contributed by atoms with van der Waals surface area (Å²) >= 11 is 1.65. The molecule has 0 saturated carbocycles. The standard InChI is InChI=1S/C19H25N3OS/c23-19(21-13-18-8-11-24-15-18)20-12-16-6-9-22(10-7-16)14-17-4-2-1-3-5-17/h1-5,8,11,15-16H,6-7,9-10,12-14H2,(H2,20,21,23). The number of nitrogens with one attached hydrogen (secondary N) is 2. The monoisotopic (exact) mass is 343 g/mol. The van der Waals surface area contributed by atoms with Crippen molar-refractivity contribution in [1.29, 1.82) is 0 Å². The molecule has 0 radical (unpaired) electrons. The molecule has 3 rings (SSSR count). The summed E-state index contributed by atoms with van der Waals surface area (Å²) in [6.45, 7) is 4.62. The molecule has 2 amide bonds. The number of benzene rings is 1. The Morgan fingerprint density at radius 2 is 1.88 bits per heavy atom. The molecule has 1 aliphatic heterocycles. The van der Waals surface area contributed by atoms with Crippen LogP contribution in [0.15, 0.2) is 47.2 Å². The van der Waals surface area contributed by atoms with Gasteiger partial charge in [-0.1, -0.05) is 30.3 Å². The summed E-state index contributed by atoms with van der Waals surface area (Å²) in [5, 5.41) is 10.0. The summed E-state index contributed by atoms with van der Waals surface area (Å²) < 4.78 is 0. The third-order valence-electron chi connectivity index (χ3n) is 4.54. The van der Waals surface area contributed by atoms with Gasteiger partial charge in [-0.25, -0.2) is 4.79 Å². The average Bonchev–Trinajstić information content (AvgIpc) is 3.14. The van der Waals surface area contributed by atoms with Gasteiger partial charge >= 0.3 is 6.03 Å². The summed E-state index contributed by atoms with van der Waals surface area (Å²) in [7, 11) is 0. The van der Waals surface area contributed by atoms with E-state index in [0.29, 0.717) is 12.5 Å². The average molecular weight is 343 g/mol. The minimum absolute atomic E-state index is 0.0621. The molecule has 0 atom stereocenters. The van der Waals surface area contributed by atoms with Crippen molar-refractivity contribution in [2.45, 2.75) is 25.9 Å². The molecule has 4 nitrogen and oxygen atoms in total. The number of thiophene rings is 1. The number of hydrogen-bond acceptors (Lipinski definition) is 3. The topological polar surface area (TPSA) is 44.4 Å². The number of carbonyl (C=O) groups excluding carboxylic acids is 1. The van der Waals surface area contributed by atoms with Crippen LogP contribution in [-0.2, 0) is 13.1 Å². The van der Waals surface area contributed by atoms with E-state index in [2.05, 4.69) is 51.2 Å². The maximum Gasteiger partial charge on any atom is 0.315 e. The normalized spacial score (nSPS) is 16.0. The highest BCUT2D eigenvalue weighted by molar-refractivity contribution is 7.07. The zero-order valence-electron chi connectivity index (χ0n) is 13.9.